The van der Waals surface area contributed by atoms with Crippen LogP contribution in [0.1, 0.15) is 31.4 Å². The molecule has 20 heavy (non-hydrogen) atoms. The van der Waals surface area contributed by atoms with Gasteiger partial charge in [0.2, 0.25) is 0 Å². The minimum Gasteiger partial charge on any atom is -0.483 e. The van der Waals surface area contributed by atoms with Crippen LogP contribution in [-0.2, 0) is 9.59 Å². The van der Waals surface area contributed by atoms with E-state index in [0.717, 1.165) is 11.1 Å². The zero-order chi connectivity index (χ0) is 15.3. The van der Waals surface area contributed by atoms with Gasteiger partial charge in [0.1, 0.15) is 5.75 Å². The van der Waals surface area contributed by atoms with Crippen LogP contribution in [0, 0.1) is 13.8 Å². The topological polar surface area (TPSA) is 75.6 Å². The summed E-state index contributed by atoms with van der Waals surface area (Å²) in [6.07, 6.45) is -0.137. The van der Waals surface area contributed by atoms with Crippen LogP contribution in [0.15, 0.2) is 18.2 Å². The van der Waals surface area contributed by atoms with E-state index in [1.807, 2.05) is 32.0 Å². The van der Waals surface area contributed by atoms with Crippen molar-refractivity contribution < 1.29 is 19.4 Å². The Hall–Kier alpha value is -2.04. The van der Waals surface area contributed by atoms with Gasteiger partial charge in [-0.25, -0.2) is 0 Å². The van der Waals surface area contributed by atoms with Crippen LogP contribution in [0.25, 0.3) is 0 Å². The zero-order valence-corrected chi connectivity index (χ0v) is 12.3. The molecule has 0 fully saturated rings. The molecular formula is C15H21NO4. The average Bonchev–Trinajstić information content (AvgIpc) is 2.27. The summed E-state index contributed by atoms with van der Waals surface area (Å²) in [5.74, 6) is -0.626. The van der Waals surface area contributed by atoms with E-state index in [-0.39, 0.29) is 18.9 Å². The van der Waals surface area contributed by atoms with Gasteiger partial charge in [0, 0.05) is 5.54 Å². The molecule has 0 radical (unpaired) electrons. The Morgan fingerprint density at radius 2 is 1.95 bits per heavy atom. The summed E-state index contributed by atoms with van der Waals surface area (Å²) < 4.78 is 5.47. The van der Waals surface area contributed by atoms with Crippen LogP contribution in [0.2, 0.25) is 0 Å². The summed E-state index contributed by atoms with van der Waals surface area (Å²) in [6.45, 7) is 7.05. The Bertz CT molecular complexity index is 509. The largest absolute Gasteiger partial charge is 0.483 e. The normalized spacial score (nSPS) is 11.0. The van der Waals surface area contributed by atoms with Crippen LogP contribution >= 0.6 is 0 Å². The molecule has 0 aliphatic carbocycles. The zero-order valence-electron chi connectivity index (χ0n) is 12.3. The number of hydrogen-bond donors (Lipinski definition) is 2. The second-order valence-electron chi connectivity index (χ2n) is 5.56. The van der Waals surface area contributed by atoms with Gasteiger partial charge in [0.25, 0.3) is 5.91 Å². The lowest BCUT2D eigenvalue weighted by atomic mass is 10.0. The first kappa shape index (κ1) is 16.0. The Morgan fingerprint density at radius 1 is 1.30 bits per heavy atom. The van der Waals surface area contributed by atoms with Crippen LogP contribution in [0.4, 0.5) is 0 Å². The van der Waals surface area contributed by atoms with E-state index in [4.69, 9.17) is 9.84 Å². The standard InChI is InChI=1S/C15H21NO4/c1-10-5-6-11(2)12(7-10)20-9-13(17)16-15(3,4)8-14(18)19/h5-7H,8-9H2,1-4H3,(H,16,17)(H,18,19). The quantitative estimate of drug-likeness (QED) is 0.835. The summed E-state index contributed by atoms with van der Waals surface area (Å²) in [4.78, 5) is 22.5. The Balaban J connectivity index is 2.55. The molecule has 1 rings (SSSR count). The van der Waals surface area contributed by atoms with Gasteiger partial charge >= 0.3 is 5.97 Å². The number of carbonyl (C=O) groups is 2. The van der Waals surface area contributed by atoms with Crippen molar-refractivity contribution in [3.8, 4) is 5.75 Å². The third-order valence-corrected chi connectivity index (χ3v) is 2.77. The second kappa shape index (κ2) is 6.41. The number of carbonyl (C=O) groups excluding carboxylic acids is 1. The predicted molar refractivity (Wildman–Crippen MR) is 75.9 cm³/mol. The fourth-order valence-corrected chi connectivity index (χ4v) is 1.84. The molecule has 0 aliphatic rings. The molecule has 1 amide bonds. The van der Waals surface area contributed by atoms with Gasteiger partial charge in [-0.1, -0.05) is 12.1 Å². The van der Waals surface area contributed by atoms with E-state index < -0.39 is 11.5 Å². The summed E-state index contributed by atoms with van der Waals surface area (Å²) in [5, 5.41) is 11.4. The summed E-state index contributed by atoms with van der Waals surface area (Å²) in [5.41, 5.74) is 1.21. The number of aryl methyl sites for hydroxylation is 2. The molecule has 0 heterocycles. The molecular weight excluding hydrogens is 258 g/mol. The number of amides is 1. The molecule has 1 aromatic carbocycles. The van der Waals surface area contributed by atoms with E-state index in [0.29, 0.717) is 5.75 Å². The van der Waals surface area contributed by atoms with E-state index >= 15 is 0 Å². The molecule has 0 unspecified atom stereocenters. The molecule has 0 aliphatic heterocycles. The lowest BCUT2D eigenvalue weighted by Crippen LogP contribution is -2.46. The third-order valence-electron chi connectivity index (χ3n) is 2.77. The van der Waals surface area contributed by atoms with Crippen LogP contribution < -0.4 is 10.1 Å². The van der Waals surface area contributed by atoms with Crippen molar-refractivity contribution in [1.29, 1.82) is 0 Å². The van der Waals surface area contributed by atoms with E-state index in [1.165, 1.54) is 0 Å². The molecule has 0 aromatic heterocycles. The van der Waals surface area contributed by atoms with Crippen molar-refractivity contribution in [3.05, 3.63) is 29.3 Å². The first-order valence-electron chi connectivity index (χ1n) is 6.42. The van der Waals surface area contributed by atoms with Gasteiger partial charge in [-0.15, -0.1) is 0 Å². The molecule has 110 valence electrons. The van der Waals surface area contributed by atoms with Gasteiger partial charge in [-0.2, -0.15) is 0 Å². The molecule has 0 atom stereocenters. The van der Waals surface area contributed by atoms with Crippen molar-refractivity contribution >= 4 is 11.9 Å². The smallest absolute Gasteiger partial charge is 0.305 e. The monoisotopic (exact) mass is 279 g/mol. The first-order valence-corrected chi connectivity index (χ1v) is 6.42. The number of nitrogens with one attached hydrogen (secondary N) is 1. The number of rotatable bonds is 6. The SMILES string of the molecule is Cc1ccc(C)c(OCC(=O)NC(C)(C)CC(=O)O)c1. The molecule has 0 spiro atoms. The average molecular weight is 279 g/mol. The first-order chi connectivity index (χ1) is 9.19. The predicted octanol–water partition coefficient (Wildman–Crippen LogP) is 2.05. The highest BCUT2D eigenvalue weighted by molar-refractivity contribution is 5.79. The number of hydrogen-bond acceptors (Lipinski definition) is 3. The molecule has 0 saturated carbocycles. The summed E-state index contributed by atoms with van der Waals surface area (Å²) in [7, 11) is 0. The fraction of sp³-hybridized carbons (Fsp3) is 0.467. The highest BCUT2D eigenvalue weighted by Crippen LogP contribution is 2.19. The molecule has 5 nitrogen and oxygen atoms in total. The van der Waals surface area contributed by atoms with Crippen molar-refractivity contribution in [2.75, 3.05) is 6.61 Å². The maximum atomic E-state index is 11.8. The maximum Gasteiger partial charge on any atom is 0.305 e. The third kappa shape index (κ3) is 5.30. The minimum absolute atomic E-state index is 0.132. The highest BCUT2D eigenvalue weighted by atomic mass is 16.5. The van der Waals surface area contributed by atoms with E-state index in [1.54, 1.807) is 13.8 Å². The van der Waals surface area contributed by atoms with Crippen molar-refractivity contribution in [2.24, 2.45) is 0 Å². The fourth-order valence-electron chi connectivity index (χ4n) is 1.84. The van der Waals surface area contributed by atoms with Gasteiger partial charge in [-0.3, -0.25) is 9.59 Å². The van der Waals surface area contributed by atoms with Crippen LogP contribution in [0.5, 0.6) is 5.75 Å². The second-order valence-corrected chi connectivity index (χ2v) is 5.56. The number of carboxylic acids is 1. The number of ether oxygens (including phenoxy) is 1. The lowest BCUT2D eigenvalue weighted by Gasteiger charge is -2.24. The van der Waals surface area contributed by atoms with Gasteiger partial charge in [-0.05, 0) is 44.9 Å². The molecule has 1 aromatic rings. The van der Waals surface area contributed by atoms with E-state index in [9.17, 15) is 9.59 Å². The number of aliphatic carboxylic acids is 1. The van der Waals surface area contributed by atoms with Gasteiger partial charge in [0.05, 0.1) is 6.42 Å². The van der Waals surface area contributed by atoms with Crippen molar-refractivity contribution in [3.63, 3.8) is 0 Å². The lowest BCUT2D eigenvalue weighted by molar-refractivity contribution is -0.138. The molecule has 0 saturated heterocycles. The van der Waals surface area contributed by atoms with Gasteiger partial charge < -0.3 is 15.2 Å². The summed E-state index contributed by atoms with van der Waals surface area (Å²) in [6, 6.07) is 5.76. The molecule has 0 bridgehead atoms. The maximum absolute atomic E-state index is 11.8. The Kier molecular flexibility index (Phi) is 5.13. The summed E-state index contributed by atoms with van der Waals surface area (Å²) >= 11 is 0. The number of carboxylic acid groups (broad SMARTS) is 1. The number of benzene rings is 1. The highest BCUT2D eigenvalue weighted by Gasteiger charge is 2.23. The Morgan fingerprint density at radius 3 is 2.55 bits per heavy atom. The minimum atomic E-state index is -0.953. The Labute approximate surface area is 118 Å². The molecule has 5 heteroatoms. The molecule has 2 N–H and O–H groups in total. The van der Waals surface area contributed by atoms with Crippen molar-refractivity contribution in [1.82, 2.24) is 5.32 Å². The van der Waals surface area contributed by atoms with Crippen LogP contribution in [-0.4, -0.2) is 29.1 Å². The van der Waals surface area contributed by atoms with E-state index in [2.05, 4.69) is 5.32 Å². The van der Waals surface area contributed by atoms with Crippen molar-refractivity contribution in [2.45, 2.75) is 39.7 Å². The van der Waals surface area contributed by atoms with Crippen LogP contribution in [0.3, 0.4) is 0 Å². The van der Waals surface area contributed by atoms with Gasteiger partial charge in [0.15, 0.2) is 6.61 Å².